The molecular formula is C10H11N3O2. The molecule has 1 unspecified atom stereocenters. The van der Waals surface area contributed by atoms with Gasteiger partial charge in [-0.2, -0.15) is 0 Å². The minimum absolute atomic E-state index is 0.0619. The lowest BCUT2D eigenvalue weighted by Crippen LogP contribution is -2.20. The third kappa shape index (κ3) is 1.63. The summed E-state index contributed by atoms with van der Waals surface area (Å²) >= 11 is 0. The summed E-state index contributed by atoms with van der Waals surface area (Å²) in [5, 5.41) is 14.1. The van der Waals surface area contributed by atoms with Crippen LogP contribution in [0.5, 0.6) is 0 Å². The van der Waals surface area contributed by atoms with E-state index < -0.39 is 0 Å². The fourth-order valence-corrected chi connectivity index (χ4v) is 1.73. The molecule has 5 heteroatoms. The van der Waals surface area contributed by atoms with Crippen LogP contribution in [-0.4, -0.2) is 17.0 Å². The molecule has 1 heterocycles. The Kier molecular flexibility index (Phi) is 2.29. The summed E-state index contributed by atoms with van der Waals surface area (Å²) in [5.74, 6) is -0.397. The molecule has 0 bridgehead atoms. The van der Waals surface area contributed by atoms with Gasteiger partial charge in [0, 0.05) is 12.1 Å². The highest BCUT2D eigenvalue weighted by Gasteiger charge is 2.30. The van der Waals surface area contributed by atoms with Crippen molar-refractivity contribution in [3.63, 3.8) is 0 Å². The molecule has 78 valence electrons. The van der Waals surface area contributed by atoms with Crippen LogP contribution >= 0.6 is 0 Å². The number of carbonyl (C=O) groups is 1. The summed E-state index contributed by atoms with van der Waals surface area (Å²) in [6, 6.07) is 7.41. The SMILES string of the molecule is N/C(CC1C(=O)Nc2ccccc21)=N\O. The molecule has 0 spiro atoms. The summed E-state index contributed by atoms with van der Waals surface area (Å²) in [6.07, 6.45) is 0.235. The van der Waals surface area contributed by atoms with Crippen molar-refractivity contribution in [2.75, 3.05) is 5.32 Å². The number of hydrogen-bond donors (Lipinski definition) is 3. The third-order valence-electron chi connectivity index (χ3n) is 2.45. The number of carbonyl (C=O) groups excluding carboxylic acids is 1. The fourth-order valence-electron chi connectivity index (χ4n) is 1.73. The smallest absolute Gasteiger partial charge is 0.232 e. The summed E-state index contributed by atoms with van der Waals surface area (Å²) < 4.78 is 0. The van der Waals surface area contributed by atoms with Crippen molar-refractivity contribution < 1.29 is 10.0 Å². The first-order chi connectivity index (χ1) is 7.22. The van der Waals surface area contributed by atoms with Gasteiger partial charge in [-0.25, -0.2) is 0 Å². The number of benzene rings is 1. The van der Waals surface area contributed by atoms with E-state index in [9.17, 15) is 4.79 Å². The Morgan fingerprint density at radius 1 is 1.53 bits per heavy atom. The van der Waals surface area contributed by atoms with E-state index in [-0.39, 0.29) is 24.1 Å². The van der Waals surface area contributed by atoms with Gasteiger partial charge >= 0.3 is 0 Å². The maximum atomic E-state index is 11.6. The quantitative estimate of drug-likeness (QED) is 0.289. The molecule has 0 fully saturated rings. The second-order valence-electron chi connectivity index (χ2n) is 3.42. The molecule has 0 aromatic heterocycles. The largest absolute Gasteiger partial charge is 0.409 e. The number of nitrogens with two attached hydrogens (primary N) is 1. The van der Waals surface area contributed by atoms with Gasteiger partial charge in [-0.15, -0.1) is 0 Å². The number of nitrogens with one attached hydrogen (secondary N) is 1. The van der Waals surface area contributed by atoms with Crippen molar-refractivity contribution in [3.05, 3.63) is 29.8 Å². The van der Waals surface area contributed by atoms with E-state index in [1.165, 1.54) is 0 Å². The van der Waals surface area contributed by atoms with E-state index in [0.29, 0.717) is 0 Å². The Balaban J connectivity index is 2.30. The first-order valence-corrected chi connectivity index (χ1v) is 4.58. The lowest BCUT2D eigenvalue weighted by atomic mass is 9.97. The zero-order chi connectivity index (χ0) is 10.8. The van der Waals surface area contributed by atoms with Crippen molar-refractivity contribution in [2.45, 2.75) is 12.3 Å². The highest BCUT2D eigenvalue weighted by atomic mass is 16.4. The van der Waals surface area contributed by atoms with Crippen LogP contribution < -0.4 is 11.1 Å². The first-order valence-electron chi connectivity index (χ1n) is 4.58. The second kappa shape index (κ2) is 3.61. The molecule has 1 atom stereocenters. The van der Waals surface area contributed by atoms with Crippen LogP contribution in [0.4, 0.5) is 5.69 Å². The van der Waals surface area contributed by atoms with Gasteiger partial charge in [-0.05, 0) is 11.6 Å². The van der Waals surface area contributed by atoms with E-state index in [0.717, 1.165) is 11.3 Å². The summed E-state index contributed by atoms with van der Waals surface area (Å²) in [5.41, 5.74) is 7.09. The number of fused-ring (bicyclic) bond motifs is 1. The Hall–Kier alpha value is -2.04. The number of anilines is 1. The molecule has 0 radical (unpaired) electrons. The van der Waals surface area contributed by atoms with Crippen LogP contribution in [0, 0.1) is 0 Å². The fraction of sp³-hybridized carbons (Fsp3) is 0.200. The van der Waals surface area contributed by atoms with Gasteiger partial charge in [0.15, 0.2) is 0 Å². The number of amides is 1. The predicted molar refractivity (Wildman–Crippen MR) is 55.8 cm³/mol. The van der Waals surface area contributed by atoms with Gasteiger partial charge < -0.3 is 16.3 Å². The topological polar surface area (TPSA) is 87.7 Å². The van der Waals surface area contributed by atoms with Crippen molar-refractivity contribution in [3.8, 4) is 0 Å². The Bertz CT molecular complexity index is 428. The number of rotatable bonds is 2. The molecule has 1 aromatic rings. The molecule has 0 aliphatic carbocycles. The second-order valence-corrected chi connectivity index (χ2v) is 3.42. The van der Waals surface area contributed by atoms with Crippen LogP contribution in [-0.2, 0) is 4.79 Å². The highest BCUT2D eigenvalue weighted by molar-refractivity contribution is 6.05. The third-order valence-corrected chi connectivity index (χ3v) is 2.45. The Morgan fingerprint density at radius 3 is 3.00 bits per heavy atom. The number of nitrogens with zero attached hydrogens (tertiary/aromatic N) is 1. The normalized spacial score (nSPS) is 19.9. The van der Waals surface area contributed by atoms with Crippen LogP contribution in [0.15, 0.2) is 29.4 Å². The van der Waals surface area contributed by atoms with E-state index in [2.05, 4.69) is 10.5 Å². The molecule has 1 amide bonds. The van der Waals surface area contributed by atoms with E-state index >= 15 is 0 Å². The lowest BCUT2D eigenvalue weighted by Gasteiger charge is -2.06. The van der Waals surface area contributed by atoms with Gasteiger partial charge in [0.25, 0.3) is 0 Å². The van der Waals surface area contributed by atoms with Crippen molar-refractivity contribution in [1.29, 1.82) is 0 Å². The van der Waals surface area contributed by atoms with Crippen LogP contribution in [0.2, 0.25) is 0 Å². The van der Waals surface area contributed by atoms with E-state index in [4.69, 9.17) is 10.9 Å². The van der Waals surface area contributed by atoms with Gasteiger partial charge in [0.05, 0.1) is 5.92 Å². The maximum absolute atomic E-state index is 11.6. The number of hydrogen-bond acceptors (Lipinski definition) is 3. The molecule has 5 nitrogen and oxygen atoms in total. The number of amidine groups is 1. The monoisotopic (exact) mass is 205 g/mol. The molecule has 1 aromatic carbocycles. The average molecular weight is 205 g/mol. The minimum atomic E-state index is -0.350. The molecule has 0 saturated carbocycles. The maximum Gasteiger partial charge on any atom is 0.232 e. The molecule has 4 N–H and O–H groups in total. The zero-order valence-electron chi connectivity index (χ0n) is 7.97. The highest BCUT2D eigenvalue weighted by Crippen LogP contribution is 2.33. The van der Waals surface area contributed by atoms with E-state index in [1.807, 2.05) is 24.3 Å². The van der Waals surface area contributed by atoms with Gasteiger partial charge in [0.2, 0.25) is 5.91 Å². The summed E-state index contributed by atoms with van der Waals surface area (Å²) in [6.45, 7) is 0. The van der Waals surface area contributed by atoms with E-state index in [1.54, 1.807) is 0 Å². The van der Waals surface area contributed by atoms with Gasteiger partial charge in [-0.1, -0.05) is 23.4 Å². The van der Waals surface area contributed by atoms with Crippen molar-refractivity contribution in [1.82, 2.24) is 0 Å². The number of para-hydroxylation sites is 1. The molecular weight excluding hydrogens is 194 g/mol. The average Bonchev–Trinajstić information content (AvgIpc) is 2.55. The Labute approximate surface area is 86.6 Å². The number of oxime groups is 1. The standard InChI is InChI=1S/C10H11N3O2/c11-9(13-15)5-7-6-3-1-2-4-8(6)12-10(7)14/h1-4,7,15H,5H2,(H2,11,13)(H,12,14). The van der Waals surface area contributed by atoms with Crippen molar-refractivity contribution >= 4 is 17.4 Å². The molecule has 1 aliphatic rings. The zero-order valence-corrected chi connectivity index (χ0v) is 7.97. The molecule has 2 rings (SSSR count). The van der Waals surface area contributed by atoms with Gasteiger partial charge in [0.1, 0.15) is 5.84 Å². The van der Waals surface area contributed by atoms with Crippen LogP contribution in [0.25, 0.3) is 0 Å². The predicted octanol–water partition coefficient (Wildman–Crippen LogP) is 0.859. The lowest BCUT2D eigenvalue weighted by molar-refractivity contribution is -0.116. The van der Waals surface area contributed by atoms with Crippen LogP contribution in [0.3, 0.4) is 0 Å². The summed E-state index contributed by atoms with van der Waals surface area (Å²) in [4.78, 5) is 11.6. The van der Waals surface area contributed by atoms with Crippen LogP contribution in [0.1, 0.15) is 17.9 Å². The molecule has 15 heavy (non-hydrogen) atoms. The molecule has 0 saturated heterocycles. The first kappa shape index (κ1) is 9.51. The van der Waals surface area contributed by atoms with Gasteiger partial charge in [-0.3, -0.25) is 4.79 Å². The Morgan fingerprint density at radius 2 is 2.27 bits per heavy atom. The van der Waals surface area contributed by atoms with Crippen molar-refractivity contribution in [2.24, 2.45) is 10.9 Å². The summed E-state index contributed by atoms with van der Waals surface area (Å²) in [7, 11) is 0. The minimum Gasteiger partial charge on any atom is -0.409 e. The molecule has 1 aliphatic heterocycles.